The SMILES string of the molecule is CCCCCNC(C)C(=O)c1ccc(OC)c(N)c1. The quantitative estimate of drug-likeness (QED) is 0.430. The molecule has 0 heterocycles. The molecule has 0 fully saturated rings. The minimum atomic E-state index is -0.190. The number of methoxy groups -OCH3 is 1. The molecule has 0 bridgehead atoms. The fourth-order valence-corrected chi connectivity index (χ4v) is 1.92. The topological polar surface area (TPSA) is 64.3 Å². The van der Waals surface area contributed by atoms with Crippen LogP contribution < -0.4 is 15.8 Å². The second-order valence-electron chi connectivity index (χ2n) is 4.70. The number of nitrogens with two attached hydrogens (primary N) is 1. The molecular formula is C15H24N2O2. The maximum atomic E-state index is 12.2. The fourth-order valence-electron chi connectivity index (χ4n) is 1.92. The zero-order valence-corrected chi connectivity index (χ0v) is 12.0. The van der Waals surface area contributed by atoms with Crippen molar-refractivity contribution in [3.63, 3.8) is 0 Å². The smallest absolute Gasteiger partial charge is 0.179 e. The van der Waals surface area contributed by atoms with Gasteiger partial charge in [-0.1, -0.05) is 19.8 Å². The molecule has 1 rings (SSSR count). The van der Waals surface area contributed by atoms with Crippen LogP contribution in [0.4, 0.5) is 5.69 Å². The molecule has 0 radical (unpaired) electrons. The van der Waals surface area contributed by atoms with E-state index in [-0.39, 0.29) is 11.8 Å². The second kappa shape index (κ2) is 7.79. The number of hydrogen-bond donors (Lipinski definition) is 2. The number of ether oxygens (including phenoxy) is 1. The highest BCUT2D eigenvalue weighted by atomic mass is 16.5. The molecule has 1 aromatic carbocycles. The van der Waals surface area contributed by atoms with Gasteiger partial charge in [-0.25, -0.2) is 0 Å². The summed E-state index contributed by atoms with van der Waals surface area (Å²) in [5.41, 5.74) is 6.92. The third-order valence-electron chi connectivity index (χ3n) is 3.14. The molecule has 4 heteroatoms. The Morgan fingerprint density at radius 1 is 1.42 bits per heavy atom. The molecule has 4 nitrogen and oxygen atoms in total. The zero-order valence-electron chi connectivity index (χ0n) is 12.0. The molecule has 0 amide bonds. The normalized spacial score (nSPS) is 12.2. The highest BCUT2D eigenvalue weighted by Gasteiger charge is 2.15. The molecule has 0 aliphatic heterocycles. The first-order valence-corrected chi connectivity index (χ1v) is 6.81. The summed E-state index contributed by atoms with van der Waals surface area (Å²) >= 11 is 0. The van der Waals surface area contributed by atoms with Crippen molar-refractivity contribution >= 4 is 11.5 Å². The van der Waals surface area contributed by atoms with Crippen LogP contribution in [0.3, 0.4) is 0 Å². The lowest BCUT2D eigenvalue weighted by Gasteiger charge is -2.13. The van der Waals surface area contributed by atoms with E-state index in [2.05, 4.69) is 12.2 Å². The molecule has 0 saturated heterocycles. The van der Waals surface area contributed by atoms with Crippen molar-refractivity contribution in [2.45, 2.75) is 39.2 Å². The van der Waals surface area contributed by atoms with Crippen LogP contribution >= 0.6 is 0 Å². The second-order valence-corrected chi connectivity index (χ2v) is 4.70. The first-order chi connectivity index (χ1) is 9.10. The van der Waals surface area contributed by atoms with Crippen molar-refractivity contribution in [3.8, 4) is 5.75 Å². The number of carbonyl (C=O) groups is 1. The van der Waals surface area contributed by atoms with Gasteiger partial charge >= 0.3 is 0 Å². The predicted molar refractivity (Wildman–Crippen MR) is 78.7 cm³/mol. The maximum Gasteiger partial charge on any atom is 0.179 e. The Kier molecular flexibility index (Phi) is 6.36. The van der Waals surface area contributed by atoms with Crippen molar-refractivity contribution in [1.29, 1.82) is 0 Å². The van der Waals surface area contributed by atoms with Crippen molar-refractivity contribution in [3.05, 3.63) is 23.8 Å². The Balaban J connectivity index is 2.59. The monoisotopic (exact) mass is 264 g/mol. The van der Waals surface area contributed by atoms with Gasteiger partial charge in [-0.2, -0.15) is 0 Å². The summed E-state index contributed by atoms with van der Waals surface area (Å²) in [4.78, 5) is 12.2. The van der Waals surface area contributed by atoms with Gasteiger partial charge in [0.15, 0.2) is 5.78 Å². The third-order valence-corrected chi connectivity index (χ3v) is 3.14. The van der Waals surface area contributed by atoms with Gasteiger partial charge < -0.3 is 15.8 Å². The van der Waals surface area contributed by atoms with E-state index in [9.17, 15) is 4.79 Å². The summed E-state index contributed by atoms with van der Waals surface area (Å²) in [6.45, 7) is 4.91. The lowest BCUT2D eigenvalue weighted by molar-refractivity contribution is 0.0951. The lowest BCUT2D eigenvalue weighted by Crippen LogP contribution is -2.34. The molecule has 3 N–H and O–H groups in total. The van der Waals surface area contributed by atoms with E-state index < -0.39 is 0 Å². The van der Waals surface area contributed by atoms with Crippen molar-refractivity contribution < 1.29 is 9.53 Å². The number of hydrogen-bond acceptors (Lipinski definition) is 4. The van der Waals surface area contributed by atoms with Crippen LogP contribution in [0.1, 0.15) is 43.5 Å². The molecule has 0 aliphatic rings. The number of nitrogen functional groups attached to an aromatic ring is 1. The van der Waals surface area contributed by atoms with Crippen LogP contribution in [0.25, 0.3) is 0 Å². The van der Waals surface area contributed by atoms with Gasteiger partial charge in [-0.3, -0.25) is 4.79 Å². The molecule has 19 heavy (non-hydrogen) atoms. The number of anilines is 1. The van der Waals surface area contributed by atoms with Gasteiger partial charge in [0.1, 0.15) is 5.75 Å². The van der Waals surface area contributed by atoms with E-state index in [1.165, 1.54) is 12.8 Å². The number of rotatable bonds is 8. The summed E-state index contributed by atoms with van der Waals surface area (Å²) < 4.78 is 5.08. The molecular weight excluding hydrogens is 240 g/mol. The molecule has 1 aromatic rings. The Bertz CT molecular complexity index is 419. The van der Waals surface area contributed by atoms with Crippen LogP contribution in [-0.4, -0.2) is 25.5 Å². The van der Waals surface area contributed by atoms with E-state index in [0.29, 0.717) is 17.0 Å². The standard InChI is InChI=1S/C15H24N2O2/c1-4-5-6-9-17-11(2)15(18)12-7-8-14(19-3)13(16)10-12/h7-8,10-11,17H,4-6,9,16H2,1-3H3. The minimum Gasteiger partial charge on any atom is -0.495 e. The number of nitrogens with one attached hydrogen (secondary N) is 1. The molecule has 0 saturated carbocycles. The van der Waals surface area contributed by atoms with Gasteiger partial charge in [0.25, 0.3) is 0 Å². The van der Waals surface area contributed by atoms with Crippen molar-refractivity contribution in [2.75, 3.05) is 19.4 Å². The van der Waals surface area contributed by atoms with Gasteiger partial charge in [0.2, 0.25) is 0 Å². The predicted octanol–water partition coefficient (Wildman–Crippen LogP) is 2.63. The third kappa shape index (κ3) is 4.56. The molecule has 1 atom stereocenters. The van der Waals surface area contributed by atoms with E-state index in [1.54, 1.807) is 25.3 Å². The Morgan fingerprint density at radius 3 is 2.74 bits per heavy atom. The van der Waals surface area contributed by atoms with E-state index >= 15 is 0 Å². The average Bonchev–Trinajstić information content (AvgIpc) is 2.42. The van der Waals surface area contributed by atoms with Gasteiger partial charge in [0.05, 0.1) is 18.8 Å². The van der Waals surface area contributed by atoms with Crippen LogP contribution in [0.5, 0.6) is 5.75 Å². The first kappa shape index (κ1) is 15.5. The highest BCUT2D eigenvalue weighted by molar-refractivity contribution is 6.00. The van der Waals surface area contributed by atoms with Crippen LogP contribution in [0.15, 0.2) is 18.2 Å². The highest BCUT2D eigenvalue weighted by Crippen LogP contribution is 2.22. The summed E-state index contributed by atoms with van der Waals surface area (Å²) in [7, 11) is 1.56. The van der Waals surface area contributed by atoms with Crippen molar-refractivity contribution in [1.82, 2.24) is 5.32 Å². The van der Waals surface area contributed by atoms with Crippen LogP contribution in [-0.2, 0) is 0 Å². The molecule has 0 aromatic heterocycles. The summed E-state index contributed by atoms with van der Waals surface area (Å²) in [6, 6.07) is 4.96. The maximum absolute atomic E-state index is 12.2. The first-order valence-electron chi connectivity index (χ1n) is 6.81. The summed E-state index contributed by atoms with van der Waals surface area (Å²) in [5, 5.41) is 3.24. The van der Waals surface area contributed by atoms with Crippen LogP contribution in [0, 0.1) is 0 Å². The van der Waals surface area contributed by atoms with E-state index in [4.69, 9.17) is 10.5 Å². The zero-order chi connectivity index (χ0) is 14.3. The molecule has 0 spiro atoms. The number of carbonyl (C=O) groups excluding carboxylic acids is 1. The summed E-state index contributed by atoms with van der Waals surface area (Å²) in [6.07, 6.45) is 3.46. The molecule has 1 unspecified atom stereocenters. The van der Waals surface area contributed by atoms with E-state index in [1.807, 2.05) is 6.92 Å². The summed E-state index contributed by atoms with van der Waals surface area (Å²) in [5.74, 6) is 0.658. The Hall–Kier alpha value is -1.55. The lowest BCUT2D eigenvalue weighted by atomic mass is 10.0. The molecule has 0 aliphatic carbocycles. The van der Waals surface area contributed by atoms with Crippen LogP contribution in [0.2, 0.25) is 0 Å². The van der Waals surface area contributed by atoms with Crippen molar-refractivity contribution in [2.24, 2.45) is 0 Å². The minimum absolute atomic E-state index is 0.0610. The number of benzene rings is 1. The van der Waals surface area contributed by atoms with Gasteiger partial charge in [0, 0.05) is 5.56 Å². The average molecular weight is 264 g/mol. The number of Topliss-reactive ketones (excluding diaryl/α,β-unsaturated/α-hetero) is 1. The Morgan fingerprint density at radius 2 is 2.16 bits per heavy atom. The van der Waals surface area contributed by atoms with Gasteiger partial charge in [-0.05, 0) is 38.1 Å². The number of unbranched alkanes of at least 4 members (excludes halogenated alkanes) is 2. The molecule has 106 valence electrons. The largest absolute Gasteiger partial charge is 0.495 e. The van der Waals surface area contributed by atoms with E-state index in [0.717, 1.165) is 13.0 Å². The number of ketones is 1. The fraction of sp³-hybridized carbons (Fsp3) is 0.533. The Labute approximate surface area is 115 Å². The van der Waals surface area contributed by atoms with Gasteiger partial charge in [-0.15, -0.1) is 0 Å².